The molecule has 2 amide bonds. The van der Waals surface area contributed by atoms with Gasteiger partial charge in [0, 0.05) is 23.2 Å². The van der Waals surface area contributed by atoms with Crippen molar-refractivity contribution in [2.24, 2.45) is 0 Å². The second kappa shape index (κ2) is 6.16. The summed E-state index contributed by atoms with van der Waals surface area (Å²) in [6, 6.07) is 14.8. The molecule has 0 aliphatic carbocycles. The normalized spacial score (nSPS) is 10.8. The number of nitrogens with one attached hydrogen (secondary N) is 2. The van der Waals surface area contributed by atoms with Gasteiger partial charge in [-0.2, -0.15) is 0 Å². The van der Waals surface area contributed by atoms with E-state index in [2.05, 4.69) is 20.6 Å². The third kappa shape index (κ3) is 2.85. The number of carbonyl (C=O) groups is 1. The lowest BCUT2D eigenvalue weighted by Gasteiger charge is -2.11. The number of nitrogens with zero attached hydrogens (tertiary/aromatic N) is 2. The Morgan fingerprint density at radius 1 is 0.840 bits per heavy atom. The zero-order chi connectivity index (χ0) is 17.2. The molecule has 0 spiro atoms. The monoisotopic (exact) mass is 332 g/mol. The largest absolute Gasteiger partial charge is 0.323 e. The van der Waals surface area contributed by atoms with Crippen LogP contribution in [0.2, 0.25) is 0 Å². The van der Waals surface area contributed by atoms with Crippen LogP contribution in [0.5, 0.6) is 0 Å². The highest BCUT2D eigenvalue weighted by molar-refractivity contribution is 6.13. The van der Waals surface area contributed by atoms with Crippen LogP contribution in [0.25, 0.3) is 21.8 Å². The average molecular weight is 332 g/mol. The van der Waals surface area contributed by atoms with Crippen LogP contribution in [0.1, 0.15) is 0 Å². The maximum absolute atomic E-state index is 13.7. The highest BCUT2D eigenvalue weighted by atomic mass is 19.1. The Bertz CT molecular complexity index is 1100. The highest BCUT2D eigenvalue weighted by Crippen LogP contribution is 2.29. The molecule has 122 valence electrons. The fourth-order valence-corrected chi connectivity index (χ4v) is 2.74. The van der Waals surface area contributed by atoms with Gasteiger partial charge in [-0.1, -0.05) is 24.3 Å². The fraction of sp³-hybridized carbons (Fsp3) is 0. The van der Waals surface area contributed by atoms with Gasteiger partial charge in [0.05, 0.1) is 22.4 Å². The predicted molar refractivity (Wildman–Crippen MR) is 96.1 cm³/mol. The van der Waals surface area contributed by atoms with Gasteiger partial charge >= 0.3 is 6.03 Å². The smallest absolute Gasteiger partial charge is 0.306 e. The first-order valence-corrected chi connectivity index (χ1v) is 7.67. The van der Waals surface area contributed by atoms with Crippen molar-refractivity contribution in [1.82, 2.24) is 9.97 Å². The molecule has 0 radical (unpaired) electrons. The van der Waals surface area contributed by atoms with Gasteiger partial charge in [0.1, 0.15) is 5.82 Å². The van der Waals surface area contributed by atoms with Crippen molar-refractivity contribution in [2.45, 2.75) is 0 Å². The Balaban J connectivity index is 1.73. The van der Waals surface area contributed by atoms with Crippen LogP contribution in [-0.4, -0.2) is 16.0 Å². The molecule has 2 aromatic heterocycles. The minimum absolute atomic E-state index is 0.108. The van der Waals surface area contributed by atoms with E-state index in [1.54, 1.807) is 30.6 Å². The molecule has 0 bridgehead atoms. The Morgan fingerprint density at radius 2 is 1.56 bits per heavy atom. The molecule has 25 heavy (non-hydrogen) atoms. The molecule has 2 aromatic carbocycles. The van der Waals surface area contributed by atoms with E-state index in [1.807, 2.05) is 24.3 Å². The number of aromatic nitrogens is 2. The average Bonchev–Trinajstić information content (AvgIpc) is 2.64. The molecule has 0 atom stereocenters. The molecule has 4 rings (SSSR count). The Kier molecular flexibility index (Phi) is 3.70. The quantitative estimate of drug-likeness (QED) is 0.529. The zero-order valence-corrected chi connectivity index (χ0v) is 13.0. The van der Waals surface area contributed by atoms with Crippen LogP contribution in [0, 0.1) is 5.82 Å². The molecule has 2 N–H and O–H groups in total. The molecular formula is C19H13FN4O. The van der Waals surface area contributed by atoms with Crippen molar-refractivity contribution in [3.05, 3.63) is 72.8 Å². The summed E-state index contributed by atoms with van der Waals surface area (Å²) >= 11 is 0. The van der Waals surface area contributed by atoms with E-state index in [0.29, 0.717) is 11.2 Å². The molecule has 2 heterocycles. The van der Waals surface area contributed by atoms with Gasteiger partial charge in [-0.3, -0.25) is 9.97 Å². The lowest BCUT2D eigenvalue weighted by molar-refractivity contribution is 0.262. The number of amides is 2. The van der Waals surface area contributed by atoms with Crippen molar-refractivity contribution in [3.8, 4) is 0 Å². The Morgan fingerprint density at radius 3 is 2.40 bits per heavy atom. The van der Waals surface area contributed by atoms with E-state index in [0.717, 1.165) is 16.3 Å². The second-order valence-electron chi connectivity index (χ2n) is 5.45. The zero-order valence-electron chi connectivity index (χ0n) is 13.0. The summed E-state index contributed by atoms with van der Waals surface area (Å²) in [5.41, 5.74) is 2.00. The number of rotatable bonds is 2. The van der Waals surface area contributed by atoms with Crippen molar-refractivity contribution in [1.29, 1.82) is 0 Å². The fourth-order valence-electron chi connectivity index (χ4n) is 2.74. The summed E-state index contributed by atoms with van der Waals surface area (Å²) in [5, 5.41) is 7.07. The number of hydrogen-bond donors (Lipinski definition) is 2. The summed E-state index contributed by atoms with van der Waals surface area (Å²) in [6.45, 7) is 0. The molecule has 6 heteroatoms. The van der Waals surface area contributed by atoms with Crippen LogP contribution in [0.15, 0.2) is 67.0 Å². The lowest BCUT2D eigenvalue weighted by Crippen LogP contribution is -2.20. The summed E-state index contributed by atoms with van der Waals surface area (Å²) in [5.74, 6) is -0.499. The third-order valence-corrected chi connectivity index (χ3v) is 3.84. The minimum atomic E-state index is -0.549. The molecular weight excluding hydrogens is 319 g/mol. The number of halogens is 1. The summed E-state index contributed by atoms with van der Waals surface area (Å²) in [7, 11) is 0. The summed E-state index contributed by atoms with van der Waals surface area (Å²) in [6.07, 6.45) is 3.35. The molecule has 0 saturated heterocycles. The standard InChI is InChI=1S/C19H13FN4O/c20-14-7-1-2-8-15(14)23-19(25)24-17-11-16-12(5-3-9-21-16)13-6-4-10-22-18(13)17/h1-11H,(H2,23,24,25). The van der Waals surface area contributed by atoms with E-state index in [9.17, 15) is 9.18 Å². The number of carbonyl (C=O) groups excluding carboxylic acids is 1. The molecule has 5 nitrogen and oxygen atoms in total. The number of urea groups is 1. The van der Waals surface area contributed by atoms with Crippen molar-refractivity contribution < 1.29 is 9.18 Å². The SMILES string of the molecule is O=C(Nc1ccccc1F)Nc1cc2ncccc2c2cccnc12. The molecule has 0 saturated carbocycles. The van der Waals surface area contributed by atoms with E-state index in [-0.39, 0.29) is 5.69 Å². The first-order valence-electron chi connectivity index (χ1n) is 7.67. The topological polar surface area (TPSA) is 66.9 Å². The molecule has 0 fully saturated rings. The van der Waals surface area contributed by atoms with Crippen molar-refractivity contribution in [2.75, 3.05) is 10.6 Å². The number of benzene rings is 2. The van der Waals surface area contributed by atoms with Gasteiger partial charge in [-0.05, 0) is 30.3 Å². The van der Waals surface area contributed by atoms with E-state index in [4.69, 9.17) is 0 Å². The molecule has 0 unspecified atom stereocenters. The number of hydrogen-bond acceptors (Lipinski definition) is 3. The Hall–Kier alpha value is -3.54. The minimum Gasteiger partial charge on any atom is -0.306 e. The van der Waals surface area contributed by atoms with Gasteiger partial charge in [-0.15, -0.1) is 0 Å². The third-order valence-electron chi connectivity index (χ3n) is 3.84. The van der Waals surface area contributed by atoms with Crippen LogP contribution >= 0.6 is 0 Å². The number of pyridine rings is 2. The lowest BCUT2D eigenvalue weighted by atomic mass is 10.1. The van der Waals surface area contributed by atoms with E-state index < -0.39 is 11.8 Å². The second-order valence-corrected chi connectivity index (χ2v) is 5.45. The maximum Gasteiger partial charge on any atom is 0.323 e. The maximum atomic E-state index is 13.7. The van der Waals surface area contributed by atoms with Gasteiger partial charge in [0.25, 0.3) is 0 Å². The molecule has 0 aliphatic heterocycles. The number of fused-ring (bicyclic) bond motifs is 3. The highest BCUT2D eigenvalue weighted by Gasteiger charge is 2.12. The van der Waals surface area contributed by atoms with Gasteiger partial charge < -0.3 is 10.6 Å². The van der Waals surface area contributed by atoms with Crippen LogP contribution in [0.4, 0.5) is 20.6 Å². The van der Waals surface area contributed by atoms with Crippen molar-refractivity contribution in [3.63, 3.8) is 0 Å². The number of para-hydroxylation sites is 1. The van der Waals surface area contributed by atoms with Crippen LogP contribution in [0.3, 0.4) is 0 Å². The first kappa shape index (κ1) is 15.0. The van der Waals surface area contributed by atoms with Crippen LogP contribution < -0.4 is 10.6 Å². The van der Waals surface area contributed by atoms with E-state index >= 15 is 0 Å². The molecule has 4 aromatic rings. The number of anilines is 2. The predicted octanol–water partition coefficient (Wildman–Crippen LogP) is 4.57. The molecule has 0 aliphatic rings. The van der Waals surface area contributed by atoms with Gasteiger partial charge in [-0.25, -0.2) is 9.18 Å². The van der Waals surface area contributed by atoms with Crippen molar-refractivity contribution >= 4 is 39.2 Å². The van der Waals surface area contributed by atoms with E-state index in [1.165, 1.54) is 12.1 Å². The van der Waals surface area contributed by atoms with Crippen LogP contribution in [-0.2, 0) is 0 Å². The first-order chi connectivity index (χ1) is 12.2. The Labute approximate surface area is 142 Å². The summed E-state index contributed by atoms with van der Waals surface area (Å²) < 4.78 is 13.7. The van der Waals surface area contributed by atoms with Gasteiger partial charge in [0.15, 0.2) is 0 Å². The summed E-state index contributed by atoms with van der Waals surface area (Å²) in [4.78, 5) is 21.0. The van der Waals surface area contributed by atoms with Gasteiger partial charge in [0.2, 0.25) is 0 Å².